The number of amides is 1. The Balaban J connectivity index is 1.58. The summed E-state index contributed by atoms with van der Waals surface area (Å²) in [6.07, 6.45) is 0. The standard InChI is InChI=1S/C18H14N4O2S/c1-10-3-4-11(2)13(7-10)17-21-22-18(24-17)20-16(23)12-5-6-14-15(8-12)25-9-19-14/h3-9H,1-2H3,(H,20,22,23). The molecule has 0 atom stereocenters. The number of aromatic nitrogens is 3. The van der Waals surface area contributed by atoms with Crippen LogP contribution in [0.4, 0.5) is 6.01 Å². The van der Waals surface area contributed by atoms with E-state index >= 15 is 0 Å². The number of nitrogens with one attached hydrogen (secondary N) is 1. The van der Waals surface area contributed by atoms with Gasteiger partial charge in [-0.15, -0.1) is 16.4 Å². The molecule has 6 nitrogen and oxygen atoms in total. The summed E-state index contributed by atoms with van der Waals surface area (Å²) >= 11 is 1.49. The van der Waals surface area contributed by atoms with Crippen LogP contribution in [0.2, 0.25) is 0 Å². The minimum Gasteiger partial charge on any atom is -0.403 e. The van der Waals surface area contributed by atoms with Crippen molar-refractivity contribution in [1.29, 1.82) is 0 Å². The molecule has 0 fully saturated rings. The lowest BCUT2D eigenvalue weighted by molar-refractivity contribution is 0.102. The maximum Gasteiger partial charge on any atom is 0.322 e. The zero-order valence-electron chi connectivity index (χ0n) is 13.6. The van der Waals surface area contributed by atoms with E-state index in [9.17, 15) is 4.79 Å². The Bertz CT molecular complexity index is 1080. The number of aryl methyl sites for hydroxylation is 2. The Kier molecular flexibility index (Phi) is 3.77. The third kappa shape index (κ3) is 3.01. The van der Waals surface area contributed by atoms with Gasteiger partial charge < -0.3 is 4.42 Å². The van der Waals surface area contributed by atoms with Crippen molar-refractivity contribution in [3.05, 3.63) is 58.6 Å². The summed E-state index contributed by atoms with van der Waals surface area (Å²) in [5, 5.41) is 10.6. The molecular formula is C18H14N4O2S. The van der Waals surface area contributed by atoms with E-state index in [4.69, 9.17) is 4.42 Å². The topological polar surface area (TPSA) is 80.9 Å². The van der Waals surface area contributed by atoms with Gasteiger partial charge in [0.05, 0.1) is 15.7 Å². The molecule has 0 aliphatic rings. The summed E-state index contributed by atoms with van der Waals surface area (Å²) in [5.41, 5.74) is 6.13. The Morgan fingerprint density at radius 1 is 1.12 bits per heavy atom. The lowest BCUT2D eigenvalue weighted by atomic mass is 10.1. The number of hydrogen-bond acceptors (Lipinski definition) is 6. The smallest absolute Gasteiger partial charge is 0.322 e. The second kappa shape index (κ2) is 6.10. The maximum absolute atomic E-state index is 12.4. The van der Waals surface area contributed by atoms with E-state index in [1.807, 2.05) is 38.1 Å². The van der Waals surface area contributed by atoms with Crippen molar-refractivity contribution in [2.75, 3.05) is 5.32 Å². The van der Waals surface area contributed by atoms with E-state index in [2.05, 4.69) is 20.5 Å². The van der Waals surface area contributed by atoms with Crippen molar-refractivity contribution in [3.8, 4) is 11.5 Å². The van der Waals surface area contributed by atoms with E-state index in [0.717, 1.165) is 26.9 Å². The van der Waals surface area contributed by atoms with E-state index in [1.165, 1.54) is 11.3 Å². The van der Waals surface area contributed by atoms with E-state index in [-0.39, 0.29) is 11.9 Å². The SMILES string of the molecule is Cc1ccc(C)c(-c2nnc(NC(=O)c3ccc4ncsc4c3)o2)c1. The lowest BCUT2D eigenvalue weighted by Gasteiger charge is -2.02. The summed E-state index contributed by atoms with van der Waals surface area (Å²) in [6, 6.07) is 11.4. The Morgan fingerprint density at radius 2 is 2.00 bits per heavy atom. The summed E-state index contributed by atoms with van der Waals surface area (Å²) in [6.45, 7) is 3.97. The van der Waals surface area contributed by atoms with Crippen molar-refractivity contribution in [2.45, 2.75) is 13.8 Å². The molecular weight excluding hydrogens is 336 g/mol. The fraction of sp³-hybridized carbons (Fsp3) is 0.111. The van der Waals surface area contributed by atoms with Crippen LogP contribution in [0.15, 0.2) is 46.3 Å². The highest BCUT2D eigenvalue weighted by Crippen LogP contribution is 2.25. The van der Waals surface area contributed by atoms with Crippen LogP contribution < -0.4 is 5.32 Å². The molecule has 0 radical (unpaired) electrons. The number of anilines is 1. The van der Waals surface area contributed by atoms with E-state index in [0.29, 0.717) is 11.5 Å². The van der Waals surface area contributed by atoms with Crippen LogP contribution in [0.25, 0.3) is 21.7 Å². The number of benzene rings is 2. The van der Waals surface area contributed by atoms with Gasteiger partial charge in [-0.1, -0.05) is 22.8 Å². The number of thiazole rings is 1. The highest BCUT2D eigenvalue weighted by atomic mass is 32.1. The predicted octanol–water partition coefficient (Wildman–Crippen LogP) is 4.22. The third-order valence-corrected chi connectivity index (χ3v) is 4.65. The zero-order chi connectivity index (χ0) is 17.4. The molecule has 25 heavy (non-hydrogen) atoms. The molecule has 0 spiro atoms. The predicted molar refractivity (Wildman–Crippen MR) is 96.8 cm³/mol. The fourth-order valence-electron chi connectivity index (χ4n) is 2.51. The van der Waals surface area contributed by atoms with Crippen molar-refractivity contribution >= 4 is 33.5 Å². The first-order chi connectivity index (χ1) is 12.1. The second-order valence-electron chi connectivity index (χ2n) is 5.72. The zero-order valence-corrected chi connectivity index (χ0v) is 14.4. The molecule has 0 saturated carbocycles. The number of rotatable bonds is 3. The second-order valence-corrected chi connectivity index (χ2v) is 6.61. The average Bonchev–Trinajstić information content (AvgIpc) is 3.25. The van der Waals surface area contributed by atoms with Gasteiger partial charge in [0.1, 0.15) is 0 Å². The van der Waals surface area contributed by atoms with Gasteiger partial charge in [0.25, 0.3) is 5.91 Å². The molecule has 0 saturated heterocycles. The van der Waals surface area contributed by atoms with Gasteiger partial charge in [0, 0.05) is 11.1 Å². The Labute approximate surface area is 147 Å². The molecule has 2 aromatic carbocycles. The number of hydrogen-bond donors (Lipinski definition) is 1. The van der Waals surface area contributed by atoms with Gasteiger partial charge in [-0.25, -0.2) is 4.98 Å². The van der Waals surface area contributed by atoms with Crippen LogP contribution in [-0.2, 0) is 0 Å². The van der Waals surface area contributed by atoms with Crippen molar-refractivity contribution in [2.24, 2.45) is 0 Å². The number of nitrogens with zero attached hydrogens (tertiary/aromatic N) is 3. The number of carbonyl (C=O) groups is 1. The van der Waals surface area contributed by atoms with Gasteiger partial charge in [-0.3, -0.25) is 10.1 Å². The lowest BCUT2D eigenvalue weighted by Crippen LogP contribution is -2.11. The Hall–Kier alpha value is -3.06. The summed E-state index contributed by atoms with van der Waals surface area (Å²) < 4.78 is 6.56. The molecule has 1 amide bonds. The molecule has 124 valence electrons. The summed E-state index contributed by atoms with van der Waals surface area (Å²) in [7, 11) is 0. The first-order valence-electron chi connectivity index (χ1n) is 7.66. The van der Waals surface area contributed by atoms with Gasteiger partial charge >= 0.3 is 6.01 Å². The Morgan fingerprint density at radius 3 is 2.88 bits per heavy atom. The molecule has 2 heterocycles. The maximum atomic E-state index is 12.4. The largest absolute Gasteiger partial charge is 0.403 e. The average molecular weight is 350 g/mol. The quantitative estimate of drug-likeness (QED) is 0.598. The van der Waals surface area contributed by atoms with Gasteiger partial charge in [-0.2, -0.15) is 0 Å². The van der Waals surface area contributed by atoms with E-state index in [1.54, 1.807) is 17.6 Å². The number of fused-ring (bicyclic) bond motifs is 1. The van der Waals surface area contributed by atoms with Gasteiger partial charge in [0.2, 0.25) is 5.89 Å². The highest BCUT2D eigenvalue weighted by molar-refractivity contribution is 7.16. The minimum atomic E-state index is -0.300. The molecule has 7 heteroatoms. The highest BCUT2D eigenvalue weighted by Gasteiger charge is 2.15. The van der Waals surface area contributed by atoms with Crippen LogP contribution in [0.5, 0.6) is 0 Å². The van der Waals surface area contributed by atoms with Crippen LogP contribution in [-0.4, -0.2) is 21.1 Å². The van der Waals surface area contributed by atoms with Gasteiger partial charge in [-0.05, 0) is 43.7 Å². The summed E-state index contributed by atoms with van der Waals surface area (Å²) in [4.78, 5) is 16.6. The first-order valence-corrected chi connectivity index (χ1v) is 8.54. The van der Waals surface area contributed by atoms with Gasteiger partial charge in [0.15, 0.2) is 0 Å². The molecule has 0 bridgehead atoms. The van der Waals surface area contributed by atoms with Crippen LogP contribution in [0, 0.1) is 13.8 Å². The van der Waals surface area contributed by atoms with E-state index < -0.39 is 0 Å². The molecule has 2 aromatic heterocycles. The van der Waals surface area contributed by atoms with Crippen molar-refractivity contribution in [3.63, 3.8) is 0 Å². The fourth-order valence-corrected chi connectivity index (χ4v) is 3.23. The molecule has 1 N–H and O–H groups in total. The molecule has 4 aromatic rings. The monoisotopic (exact) mass is 350 g/mol. The molecule has 0 aliphatic carbocycles. The van der Waals surface area contributed by atoms with Crippen LogP contribution in [0.3, 0.4) is 0 Å². The van der Waals surface area contributed by atoms with Crippen molar-refractivity contribution in [1.82, 2.24) is 15.2 Å². The molecule has 0 aliphatic heterocycles. The summed E-state index contributed by atoms with van der Waals surface area (Å²) in [5.74, 6) is 0.0841. The first kappa shape index (κ1) is 15.5. The van der Waals surface area contributed by atoms with Crippen molar-refractivity contribution < 1.29 is 9.21 Å². The minimum absolute atomic E-state index is 0.0744. The third-order valence-electron chi connectivity index (χ3n) is 3.86. The molecule has 0 unspecified atom stereocenters. The normalized spacial score (nSPS) is 11.0. The number of carbonyl (C=O) groups excluding carboxylic acids is 1. The molecule has 4 rings (SSSR count). The van der Waals surface area contributed by atoms with Crippen LogP contribution >= 0.6 is 11.3 Å². The van der Waals surface area contributed by atoms with Crippen LogP contribution in [0.1, 0.15) is 21.5 Å².